The van der Waals surface area contributed by atoms with Crippen molar-refractivity contribution < 1.29 is 0 Å². The van der Waals surface area contributed by atoms with E-state index in [9.17, 15) is 0 Å². The molecule has 0 saturated carbocycles. The summed E-state index contributed by atoms with van der Waals surface area (Å²) in [4.78, 5) is 0. The van der Waals surface area contributed by atoms with Crippen LogP contribution >= 0.6 is 0 Å². The van der Waals surface area contributed by atoms with Crippen molar-refractivity contribution in [3.05, 3.63) is 34.9 Å². The third-order valence-corrected chi connectivity index (χ3v) is 2.55. The monoisotopic (exact) mass is 168 g/mol. The molecule has 0 spiro atoms. The van der Waals surface area contributed by atoms with Crippen LogP contribution < -0.4 is 0 Å². The van der Waals surface area contributed by atoms with Crippen LogP contribution in [0.3, 0.4) is 0 Å². The van der Waals surface area contributed by atoms with E-state index in [4.69, 9.17) is 10.5 Å². The van der Waals surface area contributed by atoms with E-state index in [1.54, 1.807) is 0 Å². The van der Waals surface area contributed by atoms with Crippen LogP contribution in [0.1, 0.15) is 29.0 Å². The van der Waals surface area contributed by atoms with Gasteiger partial charge in [-0.15, -0.1) is 0 Å². The van der Waals surface area contributed by atoms with Gasteiger partial charge in [0.25, 0.3) is 0 Å². The van der Waals surface area contributed by atoms with Crippen molar-refractivity contribution in [2.75, 3.05) is 0 Å². The summed E-state index contributed by atoms with van der Waals surface area (Å²) in [5.41, 5.74) is 2.87. The molecule has 2 heteroatoms. The molecule has 1 aliphatic carbocycles. The van der Waals surface area contributed by atoms with Crippen molar-refractivity contribution in [1.82, 2.24) is 0 Å². The van der Waals surface area contributed by atoms with Crippen LogP contribution in [0.2, 0.25) is 0 Å². The van der Waals surface area contributed by atoms with E-state index in [0.717, 1.165) is 29.5 Å². The van der Waals surface area contributed by atoms with E-state index in [1.165, 1.54) is 0 Å². The van der Waals surface area contributed by atoms with Gasteiger partial charge in [0, 0.05) is 0 Å². The standard InChI is InChI=1S/C11H8N2/c12-6-8-2-1-3-10-9(7-13)4-5-11(8)10/h1-3,9H,4-5H2. The van der Waals surface area contributed by atoms with Gasteiger partial charge < -0.3 is 0 Å². The first-order chi connectivity index (χ1) is 6.36. The molecular weight excluding hydrogens is 160 g/mol. The molecule has 0 aliphatic heterocycles. The van der Waals surface area contributed by atoms with Gasteiger partial charge in [-0.1, -0.05) is 12.1 Å². The fourth-order valence-corrected chi connectivity index (χ4v) is 1.89. The highest BCUT2D eigenvalue weighted by molar-refractivity contribution is 5.48. The Morgan fingerprint density at radius 3 is 2.85 bits per heavy atom. The third kappa shape index (κ3) is 1.08. The lowest BCUT2D eigenvalue weighted by Crippen LogP contribution is -1.90. The molecule has 1 aromatic carbocycles. The van der Waals surface area contributed by atoms with E-state index in [0.29, 0.717) is 0 Å². The first-order valence-corrected chi connectivity index (χ1v) is 4.28. The van der Waals surface area contributed by atoms with E-state index >= 15 is 0 Å². The molecular formula is C11H8N2. The van der Waals surface area contributed by atoms with Crippen molar-refractivity contribution in [2.45, 2.75) is 18.8 Å². The Hall–Kier alpha value is -1.80. The summed E-state index contributed by atoms with van der Waals surface area (Å²) in [6, 6.07) is 10.1. The van der Waals surface area contributed by atoms with Gasteiger partial charge in [0.05, 0.1) is 23.6 Å². The predicted octanol–water partition coefficient (Wildman–Crippen LogP) is 2.11. The summed E-state index contributed by atoms with van der Waals surface area (Å²) < 4.78 is 0. The number of nitrogens with zero attached hydrogens (tertiary/aromatic N) is 2. The van der Waals surface area contributed by atoms with E-state index < -0.39 is 0 Å². The number of nitriles is 2. The van der Waals surface area contributed by atoms with Gasteiger partial charge in [0.1, 0.15) is 0 Å². The van der Waals surface area contributed by atoms with Crippen molar-refractivity contribution in [3.8, 4) is 12.1 Å². The van der Waals surface area contributed by atoms with Gasteiger partial charge in [-0.05, 0) is 30.0 Å². The zero-order chi connectivity index (χ0) is 9.26. The Morgan fingerprint density at radius 1 is 1.31 bits per heavy atom. The summed E-state index contributed by atoms with van der Waals surface area (Å²) in [6.07, 6.45) is 1.74. The second-order valence-corrected chi connectivity index (χ2v) is 3.21. The largest absolute Gasteiger partial charge is 0.198 e. The van der Waals surface area contributed by atoms with Crippen molar-refractivity contribution in [2.24, 2.45) is 0 Å². The van der Waals surface area contributed by atoms with Crippen molar-refractivity contribution in [1.29, 1.82) is 10.5 Å². The Labute approximate surface area is 77.0 Å². The fourth-order valence-electron chi connectivity index (χ4n) is 1.89. The van der Waals surface area contributed by atoms with Gasteiger partial charge in [0.15, 0.2) is 0 Å². The van der Waals surface area contributed by atoms with Gasteiger partial charge in [-0.2, -0.15) is 10.5 Å². The molecule has 1 aliphatic rings. The Kier molecular flexibility index (Phi) is 1.76. The Balaban J connectivity index is 2.58. The molecule has 1 atom stereocenters. The quantitative estimate of drug-likeness (QED) is 0.595. The van der Waals surface area contributed by atoms with Crippen LogP contribution in [0.25, 0.3) is 0 Å². The maximum atomic E-state index is 8.84. The number of rotatable bonds is 0. The van der Waals surface area contributed by atoms with Gasteiger partial charge in [-0.3, -0.25) is 0 Å². The molecule has 1 aromatic rings. The molecule has 2 nitrogen and oxygen atoms in total. The Bertz CT molecular complexity index is 421. The summed E-state index contributed by atoms with van der Waals surface area (Å²) in [5, 5.41) is 17.7. The highest BCUT2D eigenvalue weighted by atomic mass is 14.3. The number of benzene rings is 1. The molecule has 0 N–H and O–H groups in total. The lowest BCUT2D eigenvalue weighted by Gasteiger charge is -2.01. The second-order valence-electron chi connectivity index (χ2n) is 3.21. The highest BCUT2D eigenvalue weighted by Crippen LogP contribution is 2.33. The summed E-state index contributed by atoms with van der Waals surface area (Å²) in [6.45, 7) is 0. The van der Waals surface area contributed by atoms with Crippen LogP contribution in [0.5, 0.6) is 0 Å². The fraction of sp³-hybridized carbons (Fsp3) is 0.273. The van der Waals surface area contributed by atoms with Gasteiger partial charge in [-0.25, -0.2) is 0 Å². The predicted molar refractivity (Wildman–Crippen MR) is 47.8 cm³/mol. The summed E-state index contributed by atoms with van der Waals surface area (Å²) in [5.74, 6) is 0.00306. The average Bonchev–Trinajstić information content (AvgIpc) is 2.60. The van der Waals surface area contributed by atoms with Crippen LogP contribution in [-0.2, 0) is 6.42 Å². The zero-order valence-electron chi connectivity index (χ0n) is 7.12. The molecule has 62 valence electrons. The van der Waals surface area contributed by atoms with Crippen LogP contribution in [0, 0.1) is 22.7 Å². The van der Waals surface area contributed by atoms with E-state index in [1.807, 2.05) is 18.2 Å². The molecule has 0 heterocycles. The van der Waals surface area contributed by atoms with Crippen LogP contribution in [0.15, 0.2) is 18.2 Å². The van der Waals surface area contributed by atoms with Crippen LogP contribution in [0.4, 0.5) is 0 Å². The zero-order valence-corrected chi connectivity index (χ0v) is 7.12. The maximum Gasteiger partial charge on any atom is 0.0994 e. The number of hydrogen-bond acceptors (Lipinski definition) is 2. The summed E-state index contributed by atoms with van der Waals surface area (Å²) >= 11 is 0. The highest BCUT2D eigenvalue weighted by Gasteiger charge is 2.23. The lowest BCUT2D eigenvalue weighted by atomic mass is 10.0. The number of hydrogen-bond donors (Lipinski definition) is 0. The molecule has 2 rings (SSSR count). The first-order valence-electron chi connectivity index (χ1n) is 4.28. The molecule has 0 fully saturated rings. The molecule has 0 amide bonds. The van der Waals surface area contributed by atoms with Gasteiger partial charge in [0.2, 0.25) is 0 Å². The molecule has 13 heavy (non-hydrogen) atoms. The Morgan fingerprint density at radius 2 is 2.15 bits per heavy atom. The topological polar surface area (TPSA) is 47.6 Å². The molecule has 0 saturated heterocycles. The first kappa shape index (κ1) is 7.83. The minimum atomic E-state index is 0.00306. The van der Waals surface area contributed by atoms with E-state index in [-0.39, 0.29) is 5.92 Å². The normalized spacial score (nSPS) is 18.8. The van der Waals surface area contributed by atoms with E-state index in [2.05, 4.69) is 12.1 Å². The smallest absolute Gasteiger partial charge is 0.0994 e. The maximum absolute atomic E-state index is 8.84. The van der Waals surface area contributed by atoms with Gasteiger partial charge >= 0.3 is 0 Å². The summed E-state index contributed by atoms with van der Waals surface area (Å²) in [7, 11) is 0. The second kappa shape index (κ2) is 2.92. The minimum Gasteiger partial charge on any atom is -0.198 e. The van der Waals surface area contributed by atoms with Crippen LogP contribution in [-0.4, -0.2) is 0 Å². The lowest BCUT2D eigenvalue weighted by molar-refractivity contribution is 0.825. The number of fused-ring (bicyclic) bond motifs is 1. The molecule has 0 radical (unpaired) electrons. The average molecular weight is 168 g/mol. The molecule has 0 aromatic heterocycles. The SMILES string of the molecule is N#Cc1cccc2c1CCC2C#N. The van der Waals surface area contributed by atoms with Crippen molar-refractivity contribution in [3.63, 3.8) is 0 Å². The molecule has 1 unspecified atom stereocenters. The van der Waals surface area contributed by atoms with Crippen molar-refractivity contribution >= 4 is 0 Å². The molecule has 0 bridgehead atoms. The minimum absolute atomic E-state index is 0.00306. The third-order valence-electron chi connectivity index (χ3n) is 2.55.